The third-order valence-electron chi connectivity index (χ3n) is 6.20. The molecule has 4 rings (SSSR count). The van der Waals surface area contributed by atoms with Gasteiger partial charge in [0.1, 0.15) is 12.7 Å². The Morgan fingerprint density at radius 1 is 0.692 bits per heavy atom. The van der Waals surface area contributed by atoms with Crippen molar-refractivity contribution in [2.24, 2.45) is 0 Å². The Morgan fingerprint density at radius 2 is 1.13 bits per heavy atom. The molecule has 9 nitrogen and oxygen atoms in total. The maximum Gasteiger partial charge on any atom is 0.338 e. The van der Waals surface area contributed by atoms with Gasteiger partial charge in [-0.2, -0.15) is 0 Å². The normalized spacial score (nSPS) is 22.3. The molecular weight excluding hydrogens is 502 g/mol. The number of amides is 1. The second kappa shape index (κ2) is 12.8. The monoisotopic (exact) mass is 531 g/mol. The molecule has 0 aliphatic carbocycles. The van der Waals surface area contributed by atoms with Gasteiger partial charge in [-0.25, -0.2) is 14.4 Å². The first-order valence-electron chi connectivity index (χ1n) is 12.5. The van der Waals surface area contributed by atoms with E-state index in [2.05, 4.69) is 5.32 Å². The van der Waals surface area contributed by atoms with Crippen molar-refractivity contribution < 1.29 is 38.1 Å². The maximum atomic E-state index is 13.1. The van der Waals surface area contributed by atoms with E-state index in [0.29, 0.717) is 5.56 Å². The van der Waals surface area contributed by atoms with Gasteiger partial charge in [-0.05, 0) is 43.3 Å². The molecule has 1 fully saturated rings. The number of benzene rings is 3. The van der Waals surface area contributed by atoms with E-state index in [9.17, 15) is 19.2 Å². The van der Waals surface area contributed by atoms with Gasteiger partial charge in [-0.1, -0.05) is 54.6 Å². The summed E-state index contributed by atoms with van der Waals surface area (Å²) >= 11 is 0. The molecule has 3 aromatic rings. The molecular formula is C30H29NO8. The molecule has 202 valence electrons. The Bertz CT molecular complexity index is 1280. The molecule has 1 heterocycles. The van der Waals surface area contributed by atoms with Crippen LogP contribution in [0.4, 0.5) is 0 Å². The summed E-state index contributed by atoms with van der Waals surface area (Å²) in [5.41, 5.74) is 0.876. The quantitative estimate of drug-likeness (QED) is 0.346. The minimum atomic E-state index is -1.22. The first kappa shape index (κ1) is 27.5. The van der Waals surface area contributed by atoms with E-state index < -0.39 is 54.3 Å². The van der Waals surface area contributed by atoms with E-state index in [0.717, 1.165) is 0 Å². The Balaban J connectivity index is 1.64. The highest BCUT2D eigenvalue weighted by atomic mass is 16.6. The molecule has 1 N–H and O–H groups in total. The fourth-order valence-electron chi connectivity index (χ4n) is 4.32. The van der Waals surface area contributed by atoms with Crippen molar-refractivity contribution in [1.29, 1.82) is 0 Å². The summed E-state index contributed by atoms with van der Waals surface area (Å²) in [5, 5.41) is 2.75. The van der Waals surface area contributed by atoms with Gasteiger partial charge in [0.2, 0.25) is 5.91 Å². The van der Waals surface area contributed by atoms with E-state index in [4.69, 9.17) is 18.9 Å². The highest BCUT2D eigenvalue weighted by molar-refractivity contribution is 5.91. The van der Waals surface area contributed by atoms with Crippen LogP contribution in [0.5, 0.6) is 0 Å². The van der Waals surface area contributed by atoms with Crippen molar-refractivity contribution in [3.8, 4) is 0 Å². The number of nitrogens with one attached hydrogen (secondary N) is 1. The zero-order valence-corrected chi connectivity index (χ0v) is 21.5. The van der Waals surface area contributed by atoms with Gasteiger partial charge in [-0.15, -0.1) is 0 Å². The van der Waals surface area contributed by atoms with E-state index in [-0.39, 0.29) is 17.7 Å². The van der Waals surface area contributed by atoms with Crippen molar-refractivity contribution in [3.05, 3.63) is 108 Å². The smallest absolute Gasteiger partial charge is 0.338 e. The summed E-state index contributed by atoms with van der Waals surface area (Å²) < 4.78 is 23.3. The number of esters is 3. The fourth-order valence-corrected chi connectivity index (χ4v) is 4.32. The largest absolute Gasteiger partial charge is 0.459 e. The maximum absolute atomic E-state index is 13.1. The summed E-state index contributed by atoms with van der Waals surface area (Å²) in [6.07, 6.45) is -4.06. The number of ether oxygens (including phenoxy) is 4. The van der Waals surface area contributed by atoms with Crippen LogP contribution in [0.3, 0.4) is 0 Å². The number of carbonyl (C=O) groups excluding carboxylic acids is 4. The first-order valence-corrected chi connectivity index (χ1v) is 12.5. The Hall–Kier alpha value is -4.50. The molecule has 0 saturated carbocycles. The third kappa shape index (κ3) is 7.08. The molecule has 5 atom stereocenters. The summed E-state index contributed by atoms with van der Waals surface area (Å²) in [6, 6.07) is 24.1. The molecule has 39 heavy (non-hydrogen) atoms. The predicted molar refractivity (Wildman–Crippen MR) is 140 cm³/mol. The first-order chi connectivity index (χ1) is 18.8. The Morgan fingerprint density at radius 3 is 1.59 bits per heavy atom. The van der Waals surface area contributed by atoms with Crippen molar-refractivity contribution in [2.45, 2.75) is 44.3 Å². The average Bonchev–Trinajstić information content (AvgIpc) is 2.96. The van der Waals surface area contributed by atoms with Gasteiger partial charge >= 0.3 is 17.9 Å². The second-order valence-corrected chi connectivity index (χ2v) is 9.04. The van der Waals surface area contributed by atoms with E-state index >= 15 is 0 Å². The van der Waals surface area contributed by atoms with Crippen molar-refractivity contribution in [2.75, 3.05) is 6.61 Å². The van der Waals surface area contributed by atoms with Gasteiger partial charge < -0.3 is 24.3 Å². The second-order valence-electron chi connectivity index (χ2n) is 9.04. The van der Waals surface area contributed by atoms with Crippen molar-refractivity contribution >= 4 is 23.8 Å². The Labute approximate surface area is 226 Å². The lowest BCUT2D eigenvalue weighted by Crippen LogP contribution is -2.65. The standard InChI is InChI=1S/C30H29NO8/c1-19-25(31-20(2)32)27(39-30(35)23-16-10-5-11-17-23)26(38-29(34)22-14-8-4-9-15-22)24(37-19)18-36-28(33)21-12-6-3-7-13-21/h3-17,19,24-27H,18H2,1-2H3,(H,31,32). The molecule has 1 aliphatic heterocycles. The molecule has 0 spiro atoms. The van der Waals surface area contributed by atoms with Crippen LogP contribution in [0.25, 0.3) is 0 Å². The van der Waals surface area contributed by atoms with Crippen LogP contribution in [0, 0.1) is 0 Å². The van der Waals surface area contributed by atoms with Crippen LogP contribution >= 0.6 is 0 Å². The van der Waals surface area contributed by atoms with Crippen LogP contribution in [-0.2, 0) is 23.7 Å². The van der Waals surface area contributed by atoms with Crippen LogP contribution in [0.2, 0.25) is 0 Å². The molecule has 9 heteroatoms. The van der Waals surface area contributed by atoms with Crippen LogP contribution < -0.4 is 5.32 Å². The number of hydrogen-bond donors (Lipinski definition) is 1. The zero-order valence-electron chi connectivity index (χ0n) is 21.5. The van der Waals surface area contributed by atoms with Crippen molar-refractivity contribution in [3.63, 3.8) is 0 Å². The highest BCUT2D eigenvalue weighted by Gasteiger charge is 2.50. The number of carbonyl (C=O) groups is 4. The molecule has 0 aromatic heterocycles. The predicted octanol–water partition coefficient (Wildman–Crippen LogP) is 3.59. The summed E-state index contributed by atoms with van der Waals surface area (Å²) in [5.74, 6) is -2.36. The minimum absolute atomic E-state index is 0.264. The van der Waals surface area contributed by atoms with E-state index in [1.165, 1.54) is 6.92 Å². The van der Waals surface area contributed by atoms with Crippen LogP contribution in [0.1, 0.15) is 44.9 Å². The van der Waals surface area contributed by atoms with E-state index in [1.807, 2.05) is 0 Å². The van der Waals surface area contributed by atoms with Gasteiger partial charge in [0.25, 0.3) is 0 Å². The van der Waals surface area contributed by atoms with E-state index in [1.54, 1.807) is 97.9 Å². The van der Waals surface area contributed by atoms with Gasteiger partial charge in [0.05, 0.1) is 28.8 Å². The lowest BCUT2D eigenvalue weighted by Gasteiger charge is -2.44. The molecule has 1 amide bonds. The molecule has 1 aliphatic rings. The molecule has 5 unspecified atom stereocenters. The molecule has 1 saturated heterocycles. The zero-order chi connectivity index (χ0) is 27.8. The Kier molecular flexibility index (Phi) is 9.06. The third-order valence-corrected chi connectivity index (χ3v) is 6.20. The molecule has 3 aromatic carbocycles. The summed E-state index contributed by atoms with van der Waals surface area (Å²) in [4.78, 5) is 50.9. The molecule has 0 bridgehead atoms. The SMILES string of the molecule is CC(=O)NC1C(C)OC(COC(=O)c2ccccc2)C(OC(=O)c2ccccc2)C1OC(=O)c1ccccc1. The van der Waals surface area contributed by atoms with Gasteiger partial charge in [0, 0.05) is 6.92 Å². The number of hydrogen-bond acceptors (Lipinski definition) is 8. The van der Waals surface area contributed by atoms with Gasteiger partial charge in [-0.3, -0.25) is 4.79 Å². The summed E-state index contributed by atoms with van der Waals surface area (Å²) in [7, 11) is 0. The lowest BCUT2D eigenvalue weighted by atomic mass is 9.92. The van der Waals surface area contributed by atoms with Gasteiger partial charge in [0.15, 0.2) is 12.2 Å². The number of rotatable bonds is 8. The van der Waals surface area contributed by atoms with Crippen LogP contribution in [-0.4, -0.2) is 60.9 Å². The minimum Gasteiger partial charge on any atom is -0.459 e. The molecule has 0 radical (unpaired) electrons. The fraction of sp³-hybridized carbons (Fsp3) is 0.267. The average molecular weight is 532 g/mol. The lowest BCUT2D eigenvalue weighted by molar-refractivity contribution is -0.192. The van der Waals surface area contributed by atoms with Crippen molar-refractivity contribution in [1.82, 2.24) is 5.32 Å². The van der Waals surface area contributed by atoms with Crippen LogP contribution in [0.15, 0.2) is 91.0 Å². The topological polar surface area (TPSA) is 117 Å². The summed E-state index contributed by atoms with van der Waals surface area (Å²) in [6.45, 7) is 2.71. The highest BCUT2D eigenvalue weighted by Crippen LogP contribution is 2.28.